The number of hydrogen-bond acceptors (Lipinski definition) is 3. The number of hydrogen-bond donors (Lipinski definition) is 0. The lowest BCUT2D eigenvalue weighted by Crippen LogP contribution is -2.17. The summed E-state index contributed by atoms with van der Waals surface area (Å²) in [6.07, 6.45) is 1.94. The van der Waals surface area contributed by atoms with Crippen molar-refractivity contribution in [2.45, 2.75) is 25.9 Å². The van der Waals surface area contributed by atoms with Gasteiger partial charge in [-0.3, -0.25) is 0 Å². The third-order valence-corrected chi connectivity index (χ3v) is 2.38. The van der Waals surface area contributed by atoms with Crippen LogP contribution in [-0.4, -0.2) is 18.4 Å². The summed E-state index contributed by atoms with van der Waals surface area (Å²) in [7, 11) is 0. The van der Waals surface area contributed by atoms with Crippen LogP contribution in [0.25, 0.3) is 0 Å². The van der Waals surface area contributed by atoms with E-state index in [2.05, 4.69) is 12.1 Å². The Kier molecular flexibility index (Phi) is 3.22. The fraction of sp³-hybridized carbons (Fsp3) is 0.417. The molecule has 1 atom stereocenters. The summed E-state index contributed by atoms with van der Waals surface area (Å²) < 4.78 is 5.58. The second kappa shape index (κ2) is 4.82. The van der Waals surface area contributed by atoms with Crippen LogP contribution >= 0.6 is 0 Å². The Morgan fingerprint density at radius 1 is 1.40 bits per heavy atom. The van der Waals surface area contributed by atoms with E-state index in [9.17, 15) is 0 Å². The van der Waals surface area contributed by atoms with Crippen molar-refractivity contribution in [1.29, 1.82) is 0 Å². The van der Waals surface area contributed by atoms with Crippen LogP contribution in [0.4, 0.5) is 0 Å². The summed E-state index contributed by atoms with van der Waals surface area (Å²) in [6, 6.07) is 9.77. The van der Waals surface area contributed by atoms with Gasteiger partial charge in [0.2, 0.25) is 0 Å². The van der Waals surface area contributed by atoms with Crippen molar-refractivity contribution in [3.8, 4) is 5.75 Å². The van der Waals surface area contributed by atoms with Gasteiger partial charge in [0.15, 0.2) is 6.10 Å². The summed E-state index contributed by atoms with van der Waals surface area (Å²) in [5, 5.41) is 3.98. The molecule has 0 N–H and O–H groups in total. The smallest absolute Gasteiger partial charge is 0.166 e. The number of nitrogens with zero attached hydrogens (tertiary/aromatic N) is 1. The van der Waals surface area contributed by atoms with E-state index < -0.39 is 0 Å². The molecule has 0 bridgehead atoms. The normalized spacial score (nSPS) is 19.5. The number of benzene rings is 1. The highest BCUT2D eigenvalue weighted by molar-refractivity contribution is 5.85. The highest BCUT2D eigenvalue weighted by Crippen LogP contribution is 2.15. The van der Waals surface area contributed by atoms with E-state index in [0.29, 0.717) is 6.61 Å². The SMILES string of the molecule is CCC1=NOC(COc2ccccc2)C1. The number of para-hydroxylation sites is 1. The van der Waals surface area contributed by atoms with Crippen LogP contribution in [0, 0.1) is 0 Å². The Labute approximate surface area is 89.7 Å². The van der Waals surface area contributed by atoms with Crippen LogP contribution in [0.15, 0.2) is 35.5 Å². The van der Waals surface area contributed by atoms with Gasteiger partial charge in [0.25, 0.3) is 0 Å². The topological polar surface area (TPSA) is 30.8 Å². The Morgan fingerprint density at radius 2 is 2.20 bits per heavy atom. The van der Waals surface area contributed by atoms with Crippen molar-refractivity contribution in [2.24, 2.45) is 5.16 Å². The van der Waals surface area contributed by atoms with Crippen molar-refractivity contribution in [2.75, 3.05) is 6.61 Å². The maximum Gasteiger partial charge on any atom is 0.166 e. The van der Waals surface area contributed by atoms with Gasteiger partial charge in [-0.1, -0.05) is 30.3 Å². The minimum Gasteiger partial charge on any atom is -0.490 e. The Morgan fingerprint density at radius 3 is 2.87 bits per heavy atom. The van der Waals surface area contributed by atoms with Gasteiger partial charge in [-0.25, -0.2) is 0 Å². The zero-order valence-corrected chi connectivity index (χ0v) is 8.85. The standard InChI is InChI=1S/C12H15NO2/c1-2-10-8-12(15-13-10)9-14-11-6-4-3-5-7-11/h3-7,12H,2,8-9H2,1H3. The lowest BCUT2D eigenvalue weighted by Gasteiger charge is -2.09. The fourth-order valence-electron chi connectivity index (χ4n) is 1.49. The van der Waals surface area contributed by atoms with Gasteiger partial charge in [-0.2, -0.15) is 0 Å². The average Bonchev–Trinajstić information content (AvgIpc) is 2.76. The first-order valence-corrected chi connectivity index (χ1v) is 5.28. The Bertz CT molecular complexity index is 335. The molecule has 1 aromatic carbocycles. The molecule has 0 spiro atoms. The first-order valence-electron chi connectivity index (χ1n) is 5.28. The molecule has 0 aliphatic carbocycles. The Hall–Kier alpha value is -1.51. The molecule has 1 aromatic rings. The van der Waals surface area contributed by atoms with Crippen molar-refractivity contribution in [3.63, 3.8) is 0 Å². The van der Waals surface area contributed by atoms with Crippen molar-refractivity contribution in [1.82, 2.24) is 0 Å². The molecule has 1 heterocycles. The molecule has 0 aromatic heterocycles. The molecule has 0 fully saturated rings. The zero-order chi connectivity index (χ0) is 10.5. The predicted molar refractivity (Wildman–Crippen MR) is 59.2 cm³/mol. The van der Waals surface area contributed by atoms with Gasteiger partial charge in [-0.15, -0.1) is 0 Å². The molecule has 15 heavy (non-hydrogen) atoms. The first kappa shape index (κ1) is 10.0. The molecule has 1 aliphatic heterocycles. The Balaban J connectivity index is 1.77. The lowest BCUT2D eigenvalue weighted by molar-refractivity contribution is 0.0471. The van der Waals surface area contributed by atoms with Crippen molar-refractivity contribution in [3.05, 3.63) is 30.3 Å². The second-order valence-corrected chi connectivity index (χ2v) is 3.57. The third-order valence-electron chi connectivity index (χ3n) is 2.38. The van der Waals surface area contributed by atoms with Gasteiger partial charge in [-0.05, 0) is 18.6 Å². The van der Waals surface area contributed by atoms with Gasteiger partial charge >= 0.3 is 0 Å². The van der Waals surface area contributed by atoms with Crippen molar-refractivity contribution < 1.29 is 9.57 Å². The summed E-state index contributed by atoms with van der Waals surface area (Å²) in [5.74, 6) is 0.881. The molecule has 2 rings (SSSR count). The minimum atomic E-state index is 0.0835. The van der Waals surface area contributed by atoms with E-state index in [0.717, 1.165) is 24.3 Å². The minimum absolute atomic E-state index is 0.0835. The second-order valence-electron chi connectivity index (χ2n) is 3.57. The lowest BCUT2D eigenvalue weighted by atomic mass is 10.1. The highest BCUT2D eigenvalue weighted by Gasteiger charge is 2.20. The van der Waals surface area contributed by atoms with E-state index in [1.165, 1.54) is 0 Å². The summed E-state index contributed by atoms with van der Waals surface area (Å²) >= 11 is 0. The molecule has 3 heteroatoms. The summed E-state index contributed by atoms with van der Waals surface area (Å²) in [6.45, 7) is 2.65. The molecular weight excluding hydrogens is 190 g/mol. The van der Waals surface area contributed by atoms with E-state index in [1.807, 2.05) is 30.3 Å². The predicted octanol–water partition coefficient (Wildman–Crippen LogP) is 2.62. The van der Waals surface area contributed by atoms with Crippen LogP contribution in [-0.2, 0) is 4.84 Å². The molecule has 0 amide bonds. The molecular formula is C12H15NO2. The molecule has 0 radical (unpaired) electrons. The van der Waals surface area contributed by atoms with E-state index >= 15 is 0 Å². The molecule has 0 saturated heterocycles. The molecule has 80 valence electrons. The quantitative estimate of drug-likeness (QED) is 0.756. The van der Waals surface area contributed by atoms with E-state index in [1.54, 1.807) is 0 Å². The summed E-state index contributed by atoms with van der Waals surface area (Å²) in [4.78, 5) is 5.24. The summed E-state index contributed by atoms with van der Waals surface area (Å²) in [5.41, 5.74) is 1.12. The average molecular weight is 205 g/mol. The molecule has 1 aliphatic rings. The number of oxime groups is 1. The first-order chi connectivity index (χ1) is 7.38. The monoisotopic (exact) mass is 205 g/mol. The zero-order valence-electron chi connectivity index (χ0n) is 8.85. The highest BCUT2D eigenvalue weighted by atomic mass is 16.7. The molecule has 3 nitrogen and oxygen atoms in total. The maximum absolute atomic E-state index is 5.58. The van der Waals surface area contributed by atoms with Crippen molar-refractivity contribution >= 4 is 5.71 Å². The third kappa shape index (κ3) is 2.72. The van der Waals surface area contributed by atoms with Gasteiger partial charge in [0.1, 0.15) is 12.4 Å². The maximum atomic E-state index is 5.58. The number of rotatable bonds is 4. The number of ether oxygens (including phenoxy) is 1. The van der Waals surface area contributed by atoms with Crippen LogP contribution in [0.1, 0.15) is 19.8 Å². The van der Waals surface area contributed by atoms with Crippen LogP contribution < -0.4 is 4.74 Å². The van der Waals surface area contributed by atoms with Gasteiger partial charge < -0.3 is 9.57 Å². The van der Waals surface area contributed by atoms with Crippen LogP contribution in [0.3, 0.4) is 0 Å². The van der Waals surface area contributed by atoms with E-state index in [4.69, 9.17) is 9.57 Å². The molecule has 0 saturated carbocycles. The van der Waals surface area contributed by atoms with E-state index in [-0.39, 0.29) is 6.10 Å². The fourth-order valence-corrected chi connectivity index (χ4v) is 1.49. The van der Waals surface area contributed by atoms with Crippen LogP contribution in [0.2, 0.25) is 0 Å². The molecule has 1 unspecified atom stereocenters. The van der Waals surface area contributed by atoms with Crippen LogP contribution in [0.5, 0.6) is 5.75 Å². The van der Waals surface area contributed by atoms with Gasteiger partial charge in [0.05, 0.1) is 5.71 Å². The largest absolute Gasteiger partial charge is 0.490 e. The van der Waals surface area contributed by atoms with Gasteiger partial charge in [0, 0.05) is 6.42 Å².